The minimum atomic E-state index is -0.384. The van der Waals surface area contributed by atoms with Gasteiger partial charge in [-0.2, -0.15) is 0 Å². The summed E-state index contributed by atoms with van der Waals surface area (Å²) in [5.74, 6) is 0.945. The fourth-order valence-electron chi connectivity index (χ4n) is 2.65. The Bertz CT molecular complexity index is 538. The van der Waals surface area contributed by atoms with Crippen LogP contribution in [0, 0.1) is 0 Å². The van der Waals surface area contributed by atoms with Gasteiger partial charge < -0.3 is 5.32 Å². The maximum absolute atomic E-state index is 12.8. The lowest BCUT2D eigenvalue weighted by Crippen LogP contribution is -2.49. The largest absolute Gasteiger partial charge is 0.323 e. The molecule has 1 unspecified atom stereocenters. The topological polar surface area (TPSA) is 49.4 Å². The minimum Gasteiger partial charge on any atom is -0.323 e. The van der Waals surface area contributed by atoms with Crippen molar-refractivity contribution in [3.63, 3.8) is 0 Å². The molecule has 100 valence electrons. The Labute approximate surface area is 116 Å². The van der Waals surface area contributed by atoms with E-state index in [0.717, 1.165) is 30.0 Å². The Kier molecular flexibility index (Phi) is 3.01. The lowest BCUT2D eigenvalue weighted by molar-refractivity contribution is -0.123. The predicted molar refractivity (Wildman–Crippen MR) is 77.5 cm³/mol. The van der Waals surface area contributed by atoms with E-state index in [4.69, 9.17) is 0 Å². The van der Waals surface area contributed by atoms with Gasteiger partial charge in [0.05, 0.1) is 16.1 Å². The molecule has 0 spiro atoms. The Hall–Kier alpha value is -1.49. The minimum absolute atomic E-state index is 0.0531. The van der Waals surface area contributed by atoms with Crippen LogP contribution in [0.15, 0.2) is 24.3 Å². The van der Waals surface area contributed by atoms with Crippen molar-refractivity contribution in [1.82, 2.24) is 0 Å². The monoisotopic (exact) mass is 276 g/mol. The predicted octanol–water partition coefficient (Wildman–Crippen LogP) is 2.26. The number of nitrogens with one attached hydrogen (secondary N) is 1. The van der Waals surface area contributed by atoms with Gasteiger partial charge >= 0.3 is 0 Å². The molecule has 2 aliphatic rings. The molecule has 1 atom stereocenters. The molecule has 1 aromatic carbocycles. The third kappa shape index (κ3) is 2.12. The normalized spacial score (nSPS) is 25.9. The van der Waals surface area contributed by atoms with Crippen molar-refractivity contribution in [3.05, 3.63) is 24.3 Å². The molecule has 0 saturated carbocycles. The molecule has 1 aromatic rings. The van der Waals surface area contributed by atoms with E-state index < -0.39 is 0 Å². The highest BCUT2D eigenvalue weighted by Gasteiger charge is 2.42. The van der Waals surface area contributed by atoms with Crippen LogP contribution in [0.3, 0.4) is 0 Å². The van der Waals surface area contributed by atoms with E-state index in [1.54, 1.807) is 16.7 Å². The Morgan fingerprint density at radius 2 is 2.21 bits per heavy atom. The zero-order valence-corrected chi connectivity index (χ0v) is 11.6. The fraction of sp³-hybridized carbons (Fsp3) is 0.429. The van der Waals surface area contributed by atoms with E-state index in [0.29, 0.717) is 0 Å². The Balaban J connectivity index is 1.97. The average molecular weight is 276 g/mol. The summed E-state index contributed by atoms with van der Waals surface area (Å²) in [5, 5.41) is 2.81. The summed E-state index contributed by atoms with van der Waals surface area (Å²) < 4.78 is -0.384. The standard InChI is InChI=1S/C14H16N2O2S/c1-14(7-4-8-19-14)13(18)16-9-12(17)15-10-5-2-3-6-11(10)16/h2-3,5-6H,4,7-9H2,1H3,(H,15,17). The molecule has 19 heavy (non-hydrogen) atoms. The molecule has 1 N–H and O–H groups in total. The molecule has 5 heteroatoms. The number of anilines is 2. The number of amides is 2. The average Bonchev–Trinajstić information content (AvgIpc) is 2.85. The SMILES string of the molecule is CC1(C(=O)N2CC(=O)Nc3ccccc32)CCCS1. The summed E-state index contributed by atoms with van der Waals surface area (Å²) in [7, 11) is 0. The quantitative estimate of drug-likeness (QED) is 0.856. The molecule has 4 nitrogen and oxygen atoms in total. The lowest BCUT2D eigenvalue weighted by atomic mass is 10.0. The van der Waals surface area contributed by atoms with Crippen molar-refractivity contribution in [2.24, 2.45) is 0 Å². The molecule has 0 radical (unpaired) electrons. The second-order valence-corrected chi connectivity index (χ2v) is 6.74. The van der Waals surface area contributed by atoms with Crippen molar-refractivity contribution in [2.75, 3.05) is 22.5 Å². The first kappa shape index (κ1) is 12.5. The van der Waals surface area contributed by atoms with Gasteiger partial charge in [-0.1, -0.05) is 12.1 Å². The summed E-state index contributed by atoms with van der Waals surface area (Å²) >= 11 is 1.70. The van der Waals surface area contributed by atoms with Gasteiger partial charge in [-0.3, -0.25) is 14.5 Å². The molecule has 1 fully saturated rings. The summed E-state index contributed by atoms with van der Waals surface area (Å²) in [6.07, 6.45) is 1.95. The first-order valence-electron chi connectivity index (χ1n) is 6.45. The molecule has 2 aliphatic heterocycles. The van der Waals surface area contributed by atoms with Gasteiger partial charge in [0, 0.05) is 0 Å². The highest BCUT2D eigenvalue weighted by atomic mass is 32.2. The fourth-order valence-corrected chi connectivity index (χ4v) is 3.91. The van der Waals surface area contributed by atoms with Crippen LogP contribution in [-0.4, -0.2) is 28.9 Å². The van der Waals surface area contributed by atoms with Crippen molar-refractivity contribution in [2.45, 2.75) is 24.5 Å². The van der Waals surface area contributed by atoms with Crippen LogP contribution in [0.5, 0.6) is 0 Å². The number of carbonyl (C=O) groups excluding carboxylic acids is 2. The number of carbonyl (C=O) groups is 2. The number of rotatable bonds is 1. The van der Waals surface area contributed by atoms with Gasteiger partial charge in [0.2, 0.25) is 11.8 Å². The highest BCUT2D eigenvalue weighted by Crippen LogP contribution is 2.41. The van der Waals surface area contributed by atoms with E-state index in [2.05, 4.69) is 5.32 Å². The van der Waals surface area contributed by atoms with Crippen molar-refractivity contribution < 1.29 is 9.59 Å². The van der Waals surface area contributed by atoms with Gasteiger partial charge in [-0.05, 0) is 37.7 Å². The van der Waals surface area contributed by atoms with E-state index >= 15 is 0 Å². The number of thioether (sulfide) groups is 1. The number of hydrogen-bond donors (Lipinski definition) is 1. The smallest absolute Gasteiger partial charge is 0.244 e. The second kappa shape index (κ2) is 4.56. The van der Waals surface area contributed by atoms with Crippen LogP contribution in [0.2, 0.25) is 0 Å². The first-order chi connectivity index (χ1) is 9.10. The molecule has 3 rings (SSSR count). The van der Waals surface area contributed by atoms with Gasteiger partial charge in [0.15, 0.2) is 0 Å². The van der Waals surface area contributed by atoms with Crippen LogP contribution >= 0.6 is 11.8 Å². The summed E-state index contributed by atoms with van der Waals surface area (Å²) in [6, 6.07) is 7.46. The molecular formula is C14H16N2O2S. The van der Waals surface area contributed by atoms with Crippen molar-refractivity contribution >= 4 is 35.0 Å². The number of nitrogens with zero attached hydrogens (tertiary/aromatic N) is 1. The zero-order chi connectivity index (χ0) is 13.5. The van der Waals surface area contributed by atoms with E-state index in [9.17, 15) is 9.59 Å². The number of hydrogen-bond acceptors (Lipinski definition) is 3. The third-order valence-corrected chi connectivity index (χ3v) is 5.20. The van der Waals surface area contributed by atoms with Crippen LogP contribution in [0.4, 0.5) is 11.4 Å². The molecule has 2 amide bonds. The second-order valence-electron chi connectivity index (χ2n) is 5.14. The molecular weight excluding hydrogens is 260 g/mol. The van der Waals surface area contributed by atoms with Crippen molar-refractivity contribution in [3.8, 4) is 0 Å². The van der Waals surface area contributed by atoms with E-state index in [1.165, 1.54) is 0 Å². The maximum Gasteiger partial charge on any atom is 0.244 e. The Morgan fingerprint density at radius 1 is 1.42 bits per heavy atom. The zero-order valence-electron chi connectivity index (χ0n) is 10.8. The van der Waals surface area contributed by atoms with Crippen LogP contribution in [-0.2, 0) is 9.59 Å². The molecule has 0 aliphatic carbocycles. The summed E-state index contributed by atoms with van der Waals surface area (Å²) in [6.45, 7) is 2.11. The number of fused-ring (bicyclic) bond motifs is 1. The Morgan fingerprint density at radius 3 is 2.95 bits per heavy atom. The molecule has 1 saturated heterocycles. The molecule has 2 heterocycles. The van der Waals surface area contributed by atoms with Crippen molar-refractivity contribution in [1.29, 1.82) is 0 Å². The number of benzene rings is 1. The molecule has 0 aromatic heterocycles. The van der Waals surface area contributed by atoms with Crippen LogP contribution in [0.25, 0.3) is 0 Å². The van der Waals surface area contributed by atoms with Gasteiger partial charge in [0.25, 0.3) is 0 Å². The lowest BCUT2D eigenvalue weighted by Gasteiger charge is -2.34. The maximum atomic E-state index is 12.8. The molecule has 0 bridgehead atoms. The first-order valence-corrected chi connectivity index (χ1v) is 7.43. The third-order valence-electron chi connectivity index (χ3n) is 3.69. The summed E-state index contributed by atoms with van der Waals surface area (Å²) in [4.78, 5) is 26.1. The summed E-state index contributed by atoms with van der Waals surface area (Å²) in [5.41, 5.74) is 1.53. The van der Waals surface area contributed by atoms with E-state index in [-0.39, 0.29) is 23.1 Å². The van der Waals surface area contributed by atoms with Crippen LogP contribution < -0.4 is 10.2 Å². The van der Waals surface area contributed by atoms with Crippen LogP contribution in [0.1, 0.15) is 19.8 Å². The van der Waals surface area contributed by atoms with Gasteiger partial charge in [-0.25, -0.2) is 0 Å². The number of para-hydroxylation sites is 2. The van der Waals surface area contributed by atoms with Gasteiger partial charge in [-0.15, -0.1) is 11.8 Å². The van der Waals surface area contributed by atoms with Gasteiger partial charge in [0.1, 0.15) is 6.54 Å². The van der Waals surface area contributed by atoms with E-state index in [1.807, 2.05) is 31.2 Å². The highest BCUT2D eigenvalue weighted by molar-refractivity contribution is 8.01.